The summed E-state index contributed by atoms with van der Waals surface area (Å²) in [5, 5.41) is 5.62. The molecule has 0 spiro atoms. The molecule has 1 atom stereocenters. The number of hydrogen-bond acceptors (Lipinski definition) is 4. The molecule has 6 heteroatoms. The Labute approximate surface area is 138 Å². The van der Waals surface area contributed by atoms with Gasteiger partial charge in [0, 0.05) is 18.5 Å². The molecular weight excluding hydrogens is 308 g/mol. The van der Waals surface area contributed by atoms with Gasteiger partial charge in [-0.05, 0) is 29.3 Å². The quantitative estimate of drug-likeness (QED) is 0.894. The number of carbonyl (C=O) groups excluding carboxylic acids is 2. The second-order valence-electron chi connectivity index (χ2n) is 5.79. The molecule has 0 radical (unpaired) electrons. The summed E-state index contributed by atoms with van der Waals surface area (Å²) in [7, 11) is 0. The van der Waals surface area contributed by atoms with Crippen molar-refractivity contribution in [2.24, 2.45) is 0 Å². The van der Waals surface area contributed by atoms with E-state index in [1.807, 2.05) is 36.4 Å². The van der Waals surface area contributed by atoms with Crippen LogP contribution in [0.3, 0.4) is 0 Å². The van der Waals surface area contributed by atoms with Crippen molar-refractivity contribution in [3.63, 3.8) is 0 Å². The topological polar surface area (TPSA) is 76.7 Å². The van der Waals surface area contributed by atoms with Crippen molar-refractivity contribution in [3.05, 3.63) is 59.2 Å². The van der Waals surface area contributed by atoms with Crippen molar-refractivity contribution >= 4 is 11.8 Å². The fourth-order valence-electron chi connectivity index (χ4n) is 2.95. The summed E-state index contributed by atoms with van der Waals surface area (Å²) in [5.41, 5.74) is 2.44. The van der Waals surface area contributed by atoms with Crippen LogP contribution in [0.4, 0.5) is 0 Å². The lowest BCUT2D eigenvalue weighted by Crippen LogP contribution is -2.50. The fourth-order valence-corrected chi connectivity index (χ4v) is 2.95. The van der Waals surface area contributed by atoms with Crippen LogP contribution < -0.4 is 20.1 Å². The highest BCUT2D eigenvalue weighted by molar-refractivity contribution is 6.00. The van der Waals surface area contributed by atoms with Gasteiger partial charge in [-0.2, -0.15) is 0 Å². The van der Waals surface area contributed by atoms with E-state index in [-0.39, 0.29) is 18.6 Å². The molecule has 122 valence electrons. The van der Waals surface area contributed by atoms with Gasteiger partial charge in [0.2, 0.25) is 12.7 Å². The molecule has 6 nitrogen and oxygen atoms in total. The van der Waals surface area contributed by atoms with Crippen molar-refractivity contribution in [2.45, 2.75) is 19.0 Å². The maximum Gasteiger partial charge on any atom is 0.252 e. The second kappa shape index (κ2) is 5.88. The summed E-state index contributed by atoms with van der Waals surface area (Å²) in [6, 6.07) is 12.3. The van der Waals surface area contributed by atoms with Gasteiger partial charge in [0.15, 0.2) is 11.5 Å². The number of amides is 2. The highest BCUT2D eigenvalue weighted by Gasteiger charge is 2.28. The normalized spacial score (nSPS) is 17.8. The molecule has 0 aromatic heterocycles. The smallest absolute Gasteiger partial charge is 0.252 e. The first kappa shape index (κ1) is 14.6. The van der Waals surface area contributed by atoms with Crippen LogP contribution in [-0.4, -0.2) is 24.6 Å². The molecule has 0 fully saturated rings. The van der Waals surface area contributed by atoms with E-state index >= 15 is 0 Å². The molecule has 4 rings (SSSR count). The van der Waals surface area contributed by atoms with Gasteiger partial charge in [0.25, 0.3) is 5.91 Å². The Morgan fingerprint density at radius 3 is 2.92 bits per heavy atom. The fraction of sp³-hybridized carbons (Fsp3) is 0.222. The Kier molecular flexibility index (Phi) is 3.57. The number of carbonyl (C=O) groups is 2. The summed E-state index contributed by atoms with van der Waals surface area (Å²) >= 11 is 0. The molecule has 2 heterocycles. The molecule has 0 saturated carbocycles. The van der Waals surface area contributed by atoms with Crippen molar-refractivity contribution in [1.29, 1.82) is 0 Å². The number of fused-ring (bicyclic) bond motifs is 2. The van der Waals surface area contributed by atoms with E-state index in [0.717, 1.165) is 11.1 Å². The highest BCUT2D eigenvalue weighted by atomic mass is 16.7. The standard InChI is InChI=1S/C18H16N2O4/c21-17-13-4-2-1-3-12(13)8-14(20-17)18(22)19-9-11-5-6-15-16(7-11)24-10-23-15/h1-7,14H,8-10H2,(H,19,22)(H,20,21). The second-order valence-corrected chi connectivity index (χ2v) is 5.79. The predicted octanol–water partition coefficient (Wildman–Crippen LogP) is 1.39. The Bertz CT molecular complexity index is 818. The molecule has 0 aliphatic carbocycles. The van der Waals surface area contributed by atoms with Gasteiger partial charge < -0.3 is 20.1 Å². The van der Waals surface area contributed by atoms with Crippen LogP contribution in [-0.2, 0) is 17.8 Å². The minimum Gasteiger partial charge on any atom is -0.454 e. The lowest BCUT2D eigenvalue weighted by Gasteiger charge is -2.24. The zero-order valence-electron chi connectivity index (χ0n) is 12.9. The lowest BCUT2D eigenvalue weighted by atomic mass is 9.95. The van der Waals surface area contributed by atoms with Crippen LogP contribution in [0, 0.1) is 0 Å². The number of benzene rings is 2. The number of nitrogens with one attached hydrogen (secondary N) is 2. The molecule has 2 aromatic carbocycles. The van der Waals surface area contributed by atoms with Gasteiger partial charge in [-0.1, -0.05) is 24.3 Å². The molecule has 0 bridgehead atoms. The Morgan fingerprint density at radius 2 is 2.00 bits per heavy atom. The minimum atomic E-state index is -0.554. The first-order valence-corrected chi connectivity index (χ1v) is 7.76. The summed E-state index contributed by atoms with van der Waals surface area (Å²) < 4.78 is 10.6. The van der Waals surface area contributed by atoms with Gasteiger partial charge >= 0.3 is 0 Å². The van der Waals surface area contributed by atoms with E-state index in [4.69, 9.17) is 9.47 Å². The van der Waals surface area contributed by atoms with Crippen LogP contribution in [0.25, 0.3) is 0 Å². The number of rotatable bonds is 3. The van der Waals surface area contributed by atoms with Gasteiger partial charge in [-0.15, -0.1) is 0 Å². The van der Waals surface area contributed by atoms with Gasteiger partial charge in [-0.25, -0.2) is 0 Å². The van der Waals surface area contributed by atoms with E-state index in [9.17, 15) is 9.59 Å². The molecule has 2 aliphatic heterocycles. The van der Waals surface area contributed by atoms with Gasteiger partial charge in [-0.3, -0.25) is 9.59 Å². The van der Waals surface area contributed by atoms with Crippen molar-refractivity contribution in [1.82, 2.24) is 10.6 Å². The van der Waals surface area contributed by atoms with E-state index in [0.29, 0.717) is 30.0 Å². The van der Waals surface area contributed by atoms with Crippen molar-refractivity contribution in [3.8, 4) is 11.5 Å². The third-order valence-corrected chi connectivity index (χ3v) is 4.21. The zero-order valence-corrected chi connectivity index (χ0v) is 12.9. The Morgan fingerprint density at radius 1 is 1.17 bits per heavy atom. The minimum absolute atomic E-state index is 0.199. The first-order chi connectivity index (χ1) is 11.7. The molecular formula is C18H16N2O4. The highest BCUT2D eigenvalue weighted by Crippen LogP contribution is 2.32. The monoisotopic (exact) mass is 324 g/mol. The van der Waals surface area contributed by atoms with Gasteiger partial charge in [0.05, 0.1) is 0 Å². The maximum absolute atomic E-state index is 12.4. The largest absolute Gasteiger partial charge is 0.454 e. The van der Waals surface area contributed by atoms with Crippen LogP contribution in [0.1, 0.15) is 21.5 Å². The zero-order chi connectivity index (χ0) is 16.5. The summed E-state index contributed by atoms with van der Waals surface area (Å²) in [6.45, 7) is 0.585. The maximum atomic E-state index is 12.4. The van der Waals surface area contributed by atoms with Crippen molar-refractivity contribution in [2.75, 3.05) is 6.79 Å². The average Bonchev–Trinajstić information content (AvgIpc) is 3.07. The summed E-state index contributed by atoms with van der Waals surface area (Å²) in [5.74, 6) is 0.985. The van der Waals surface area contributed by atoms with E-state index in [1.54, 1.807) is 6.07 Å². The number of hydrogen-bond donors (Lipinski definition) is 2. The Hall–Kier alpha value is -3.02. The molecule has 1 unspecified atom stereocenters. The SMILES string of the molecule is O=C1NC(C(=O)NCc2ccc3c(c2)OCO3)Cc2ccccc21. The number of ether oxygens (including phenoxy) is 2. The van der Waals surface area contributed by atoms with Crippen molar-refractivity contribution < 1.29 is 19.1 Å². The Balaban J connectivity index is 1.41. The van der Waals surface area contributed by atoms with E-state index in [2.05, 4.69) is 10.6 Å². The third-order valence-electron chi connectivity index (χ3n) is 4.21. The van der Waals surface area contributed by atoms with E-state index in [1.165, 1.54) is 0 Å². The third kappa shape index (κ3) is 2.67. The molecule has 2 amide bonds. The van der Waals surface area contributed by atoms with Crippen LogP contribution in [0.5, 0.6) is 11.5 Å². The lowest BCUT2D eigenvalue weighted by molar-refractivity contribution is -0.123. The van der Waals surface area contributed by atoms with Gasteiger partial charge in [0.1, 0.15) is 6.04 Å². The molecule has 2 N–H and O–H groups in total. The molecule has 2 aliphatic rings. The average molecular weight is 324 g/mol. The predicted molar refractivity (Wildman–Crippen MR) is 85.8 cm³/mol. The summed E-state index contributed by atoms with van der Waals surface area (Å²) in [4.78, 5) is 24.5. The van der Waals surface area contributed by atoms with E-state index < -0.39 is 6.04 Å². The summed E-state index contributed by atoms with van der Waals surface area (Å²) in [6.07, 6.45) is 0.495. The first-order valence-electron chi connectivity index (χ1n) is 7.76. The molecule has 24 heavy (non-hydrogen) atoms. The van der Waals surface area contributed by atoms with Crippen LogP contribution in [0.15, 0.2) is 42.5 Å². The van der Waals surface area contributed by atoms with Crippen LogP contribution in [0.2, 0.25) is 0 Å². The molecule has 0 saturated heterocycles. The molecule has 2 aromatic rings. The van der Waals surface area contributed by atoms with Crippen LogP contribution >= 0.6 is 0 Å².